The molecule has 1 aliphatic heterocycles. The van der Waals surface area contributed by atoms with Gasteiger partial charge >= 0.3 is 0 Å². The van der Waals surface area contributed by atoms with E-state index in [0.717, 1.165) is 44.6 Å². The number of nitrogens with one attached hydrogen (secondary N) is 1. The molecule has 0 radical (unpaired) electrons. The van der Waals surface area contributed by atoms with Crippen LogP contribution in [0.5, 0.6) is 0 Å². The summed E-state index contributed by atoms with van der Waals surface area (Å²) in [6.07, 6.45) is 4.53. The smallest absolute Gasteiger partial charge is 0.146 e. The molecule has 0 unspecified atom stereocenters. The van der Waals surface area contributed by atoms with Crippen molar-refractivity contribution in [2.75, 3.05) is 26.2 Å². The molecule has 1 aliphatic rings. The molecule has 1 aromatic rings. The number of rotatable bonds is 6. The summed E-state index contributed by atoms with van der Waals surface area (Å²) < 4.78 is 14.3. The first-order valence-corrected chi connectivity index (χ1v) is 8.00. The number of unbranched alkanes of at least 4 members (excludes halogenated alkanes) is 2. The molecule has 0 saturated carbocycles. The molecule has 21 heavy (non-hydrogen) atoms. The van der Waals surface area contributed by atoms with E-state index in [2.05, 4.69) is 17.1 Å². The first kappa shape index (κ1) is 18.7. The third-order valence-corrected chi connectivity index (χ3v) is 4.31. The summed E-state index contributed by atoms with van der Waals surface area (Å²) in [5.41, 5.74) is 0.760. The normalized spacial score (nSPS) is 17.3. The van der Waals surface area contributed by atoms with Gasteiger partial charge in [0.1, 0.15) is 5.82 Å². The molecule has 1 heterocycles. The zero-order valence-corrected chi connectivity index (χ0v) is 14.2. The Labute approximate surface area is 138 Å². The molecule has 0 bridgehead atoms. The van der Waals surface area contributed by atoms with E-state index in [1.54, 1.807) is 6.07 Å². The summed E-state index contributed by atoms with van der Waals surface area (Å²) in [5.74, 6) is -0.241. The van der Waals surface area contributed by atoms with Gasteiger partial charge in [-0.1, -0.05) is 49.9 Å². The molecule has 2 rings (SSSR count). The standard InChI is InChI=1S/C16H24ClFN2.ClH/c1-2-3-4-8-15(20-11-9-19-10-12-20)13-6-5-7-14(17)16(13)18;/h5-7,15,19H,2-4,8-12H2,1H3;1H/t15-;/m0./s1. The maximum absolute atomic E-state index is 14.3. The Hall–Kier alpha value is -0.350. The van der Waals surface area contributed by atoms with Crippen molar-refractivity contribution in [2.45, 2.75) is 38.6 Å². The Balaban J connectivity index is 0.00000220. The molecule has 5 heteroatoms. The van der Waals surface area contributed by atoms with Gasteiger partial charge in [-0.15, -0.1) is 12.4 Å². The van der Waals surface area contributed by atoms with Crippen molar-refractivity contribution in [3.05, 3.63) is 34.6 Å². The lowest BCUT2D eigenvalue weighted by molar-refractivity contribution is 0.159. The van der Waals surface area contributed by atoms with Crippen LogP contribution in [0.3, 0.4) is 0 Å². The molecule has 1 atom stereocenters. The molecule has 1 fully saturated rings. The summed E-state index contributed by atoms with van der Waals surface area (Å²) in [7, 11) is 0. The number of hydrogen-bond donors (Lipinski definition) is 1. The van der Waals surface area contributed by atoms with E-state index in [1.165, 1.54) is 12.8 Å². The Morgan fingerprint density at radius 3 is 2.67 bits per heavy atom. The Bertz CT molecular complexity index is 423. The van der Waals surface area contributed by atoms with Crippen molar-refractivity contribution in [1.29, 1.82) is 0 Å². The van der Waals surface area contributed by atoms with E-state index in [9.17, 15) is 4.39 Å². The minimum atomic E-state index is -0.241. The van der Waals surface area contributed by atoms with Gasteiger partial charge in [-0.25, -0.2) is 4.39 Å². The Kier molecular flexibility index (Phi) is 8.57. The van der Waals surface area contributed by atoms with E-state index >= 15 is 0 Å². The third-order valence-electron chi connectivity index (χ3n) is 4.01. The zero-order chi connectivity index (χ0) is 14.4. The predicted octanol–water partition coefficient (Wildman–Crippen LogP) is 4.43. The Morgan fingerprint density at radius 1 is 1.29 bits per heavy atom. The van der Waals surface area contributed by atoms with Gasteiger partial charge in [0.2, 0.25) is 0 Å². The highest BCUT2D eigenvalue weighted by atomic mass is 35.5. The summed E-state index contributed by atoms with van der Waals surface area (Å²) in [6, 6.07) is 5.53. The van der Waals surface area contributed by atoms with Crippen LogP contribution in [0.1, 0.15) is 44.2 Å². The fourth-order valence-corrected chi connectivity index (χ4v) is 3.08. The molecular formula is C16H25Cl2FN2. The second kappa shape index (κ2) is 9.62. The largest absolute Gasteiger partial charge is 0.314 e. The number of halogens is 3. The van der Waals surface area contributed by atoms with Crippen molar-refractivity contribution < 1.29 is 4.39 Å². The molecule has 0 aliphatic carbocycles. The van der Waals surface area contributed by atoms with Crippen molar-refractivity contribution in [1.82, 2.24) is 10.2 Å². The van der Waals surface area contributed by atoms with Crippen LogP contribution in [0.25, 0.3) is 0 Å². The molecule has 0 amide bonds. The topological polar surface area (TPSA) is 15.3 Å². The number of piperazine rings is 1. The highest BCUT2D eigenvalue weighted by Crippen LogP contribution is 2.31. The minimum absolute atomic E-state index is 0. The van der Waals surface area contributed by atoms with Crippen molar-refractivity contribution in [3.8, 4) is 0 Å². The number of nitrogens with zero attached hydrogens (tertiary/aromatic N) is 1. The van der Waals surface area contributed by atoms with E-state index < -0.39 is 0 Å². The third kappa shape index (κ3) is 5.10. The van der Waals surface area contributed by atoms with Gasteiger partial charge in [0, 0.05) is 37.8 Å². The van der Waals surface area contributed by atoms with Crippen molar-refractivity contribution in [3.63, 3.8) is 0 Å². The fraction of sp³-hybridized carbons (Fsp3) is 0.625. The van der Waals surface area contributed by atoms with Crippen LogP contribution in [-0.4, -0.2) is 31.1 Å². The summed E-state index contributed by atoms with van der Waals surface area (Å²) in [4.78, 5) is 2.39. The average Bonchev–Trinajstić information content (AvgIpc) is 2.48. The van der Waals surface area contributed by atoms with Crippen LogP contribution in [-0.2, 0) is 0 Å². The monoisotopic (exact) mass is 334 g/mol. The second-order valence-corrected chi connectivity index (χ2v) is 5.85. The van der Waals surface area contributed by atoms with Gasteiger partial charge in [0.15, 0.2) is 0 Å². The molecule has 120 valence electrons. The molecule has 0 spiro atoms. The lowest BCUT2D eigenvalue weighted by atomic mass is 9.97. The fourth-order valence-electron chi connectivity index (χ4n) is 2.89. The first-order valence-electron chi connectivity index (χ1n) is 7.62. The molecule has 2 nitrogen and oxygen atoms in total. The van der Waals surface area contributed by atoms with E-state index in [1.807, 2.05) is 12.1 Å². The van der Waals surface area contributed by atoms with Gasteiger partial charge < -0.3 is 5.32 Å². The SMILES string of the molecule is CCCCC[C@@H](c1cccc(Cl)c1F)N1CCNCC1.Cl. The number of hydrogen-bond acceptors (Lipinski definition) is 2. The average molecular weight is 335 g/mol. The highest BCUT2D eigenvalue weighted by Gasteiger charge is 2.24. The lowest BCUT2D eigenvalue weighted by Gasteiger charge is -2.35. The van der Waals surface area contributed by atoms with Crippen LogP contribution in [0, 0.1) is 5.82 Å². The zero-order valence-electron chi connectivity index (χ0n) is 12.6. The van der Waals surface area contributed by atoms with Gasteiger partial charge in [0.05, 0.1) is 5.02 Å². The Morgan fingerprint density at radius 2 is 2.00 bits per heavy atom. The van der Waals surface area contributed by atoms with Gasteiger partial charge in [-0.05, 0) is 12.5 Å². The van der Waals surface area contributed by atoms with Crippen LogP contribution in [0.4, 0.5) is 4.39 Å². The van der Waals surface area contributed by atoms with Gasteiger partial charge in [-0.3, -0.25) is 4.90 Å². The first-order chi connectivity index (χ1) is 9.74. The maximum atomic E-state index is 14.3. The second-order valence-electron chi connectivity index (χ2n) is 5.44. The van der Waals surface area contributed by atoms with Gasteiger partial charge in [0.25, 0.3) is 0 Å². The molecule has 0 aromatic heterocycles. The van der Waals surface area contributed by atoms with Crippen LogP contribution >= 0.6 is 24.0 Å². The molecule has 1 aromatic carbocycles. The number of benzene rings is 1. The van der Waals surface area contributed by atoms with E-state index in [4.69, 9.17) is 11.6 Å². The summed E-state index contributed by atoms with van der Waals surface area (Å²) in [6.45, 7) is 6.10. The predicted molar refractivity (Wildman–Crippen MR) is 90.0 cm³/mol. The van der Waals surface area contributed by atoms with Gasteiger partial charge in [-0.2, -0.15) is 0 Å². The van der Waals surface area contributed by atoms with Crippen molar-refractivity contribution >= 4 is 24.0 Å². The van der Waals surface area contributed by atoms with Crippen LogP contribution < -0.4 is 5.32 Å². The maximum Gasteiger partial charge on any atom is 0.146 e. The summed E-state index contributed by atoms with van der Waals surface area (Å²) >= 11 is 5.95. The van der Waals surface area contributed by atoms with Crippen LogP contribution in [0.2, 0.25) is 5.02 Å². The summed E-state index contributed by atoms with van der Waals surface area (Å²) in [5, 5.41) is 3.59. The van der Waals surface area contributed by atoms with E-state index in [0.29, 0.717) is 0 Å². The van der Waals surface area contributed by atoms with Crippen LogP contribution in [0.15, 0.2) is 18.2 Å². The van der Waals surface area contributed by atoms with E-state index in [-0.39, 0.29) is 29.3 Å². The molecule has 1 saturated heterocycles. The minimum Gasteiger partial charge on any atom is -0.314 e. The molecular weight excluding hydrogens is 310 g/mol. The highest BCUT2D eigenvalue weighted by molar-refractivity contribution is 6.30. The lowest BCUT2D eigenvalue weighted by Crippen LogP contribution is -2.45. The quantitative estimate of drug-likeness (QED) is 0.774. The molecule has 1 N–H and O–H groups in total. The van der Waals surface area contributed by atoms with Crippen molar-refractivity contribution in [2.24, 2.45) is 0 Å².